The predicted octanol–water partition coefficient (Wildman–Crippen LogP) is 3.45. The minimum atomic E-state index is -0.981. The molecule has 2 aromatic carbocycles. The number of nitrogens with one attached hydrogen (secondary N) is 2. The van der Waals surface area contributed by atoms with E-state index in [1.54, 1.807) is 24.3 Å². The highest BCUT2D eigenvalue weighted by molar-refractivity contribution is 6.31. The van der Waals surface area contributed by atoms with Gasteiger partial charge >= 0.3 is 5.97 Å². The number of hydrogen-bond acceptors (Lipinski definition) is 3. The summed E-state index contributed by atoms with van der Waals surface area (Å²) in [5.74, 6) is -2.18. The molecule has 1 saturated heterocycles. The highest BCUT2D eigenvalue weighted by Gasteiger charge is 2.56. The Morgan fingerprint density at radius 3 is 2.56 bits per heavy atom. The summed E-state index contributed by atoms with van der Waals surface area (Å²) in [7, 11) is 0. The number of H-pyrrole nitrogens is 1. The molecule has 1 fully saturated rings. The fraction of sp³-hybridized carbons (Fsp3) is 0.200. The number of aromatic nitrogens is 1. The molecular formula is C20H15ClN2O4. The van der Waals surface area contributed by atoms with E-state index in [4.69, 9.17) is 16.3 Å². The van der Waals surface area contributed by atoms with Gasteiger partial charge in [0.1, 0.15) is 17.7 Å². The Morgan fingerprint density at radius 1 is 1.07 bits per heavy atom. The molecule has 0 aliphatic carbocycles. The van der Waals surface area contributed by atoms with Gasteiger partial charge in [-0.1, -0.05) is 35.9 Å². The largest absolute Gasteiger partial charge is 0.481 e. The molecule has 0 spiro atoms. The number of carboxylic acid groups (broad SMARTS) is 1. The third-order valence-corrected chi connectivity index (χ3v) is 5.59. The van der Waals surface area contributed by atoms with Crippen LogP contribution in [0.5, 0.6) is 0 Å². The molecule has 4 atom stereocenters. The molecule has 3 N–H and O–H groups in total. The maximum absolute atomic E-state index is 12.8. The van der Waals surface area contributed by atoms with E-state index in [2.05, 4.69) is 10.3 Å². The van der Waals surface area contributed by atoms with Gasteiger partial charge in [0.2, 0.25) is 0 Å². The lowest BCUT2D eigenvalue weighted by atomic mass is 9.80. The molecule has 2 aliphatic heterocycles. The molecule has 1 aromatic heterocycles. The summed E-state index contributed by atoms with van der Waals surface area (Å²) in [5.41, 5.74) is 2.97. The fourth-order valence-electron chi connectivity index (χ4n) is 4.17. The molecular weight excluding hydrogens is 368 g/mol. The van der Waals surface area contributed by atoms with Crippen molar-refractivity contribution in [3.05, 3.63) is 70.4 Å². The third-order valence-electron chi connectivity index (χ3n) is 5.35. The average Bonchev–Trinajstić information content (AvgIpc) is 3.32. The number of fused-ring (bicyclic) bond motifs is 6. The van der Waals surface area contributed by atoms with Gasteiger partial charge < -0.3 is 20.1 Å². The van der Waals surface area contributed by atoms with Gasteiger partial charge in [0.25, 0.3) is 5.91 Å². The standard InChI is InChI=1S/C20H15ClN2O4/c21-10-5-6-13-9(7-10)8-14(22-13)19(24)23-16-15(20(25)26)17-11-3-1-2-4-12(11)18(16)27-17/h1-8,15-18,22H,(H,23,24)(H,25,26)/t15?,16?,17-,18-/m1/s1. The van der Waals surface area contributed by atoms with Crippen LogP contribution in [0.3, 0.4) is 0 Å². The molecule has 1 amide bonds. The van der Waals surface area contributed by atoms with E-state index in [1.165, 1.54) is 0 Å². The number of aliphatic carboxylic acids is 1. The first kappa shape index (κ1) is 16.4. The minimum Gasteiger partial charge on any atom is -0.481 e. The van der Waals surface area contributed by atoms with Crippen LogP contribution >= 0.6 is 11.6 Å². The first-order valence-corrected chi connectivity index (χ1v) is 8.97. The van der Waals surface area contributed by atoms with Crippen LogP contribution in [0.25, 0.3) is 10.9 Å². The summed E-state index contributed by atoms with van der Waals surface area (Å²) >= 11 is 5.99. The number of ether oxygens (including phenoxy) is 1. The first-order chi connectivity index (χ1) is 13.0. The molecule has 0 radical (unpaired) electrons. The van der Waals surface area contributed by atoms with Gasteiger partial charge in [0.15, 0.2) is 0 Å². The molecule has 3 heterocycles. The van der Waals surface area contributed by atoms with E-state index < -0.39 is 30.1 Å². The number of carbonyl (C=O) groups excluding carboxylic acids is 1. The number of amides is 1. The van der Waals surface area contributed by atoms with Crippen molar-refractivity contribution in [2.24, 2.45) is 5.92 Å². The summed E-state index contributed by atoms with van der Waals surface area (Å²) in [6.07, 6.45) is -1.01. The van der Waals surface area contributed by atoms with Crippen LogP contribution in [0.2, 0.25) is 5.02 Å². The molecule has 5 rings (SSSR count). The van der Waals surface area contributed by atoms with Gasteiger partial charge in [0.05, 0.1) is 12.1 Å². The average molecular weight is 383 g/mol. The zero-order valence-electron chi connectivity index (χ0n) is 14.0. The number of aromatic amines is 1. The molecule has 2 bridgehead atoms. The summed E-state index contributed by atoms with van der Waals surface area (Å²) in [6.45, 7) is 0. The van der Waals surface area contributed by atoms with E-state index in [9.17, 15) is 14.7 Å². The molecule has 2 unspecified atom stereocenters. The number of hydrogen-bond donors (Lipinski definition) is 3. The van der Waals surface area contributed by atoms with Crippen molar-refractivity contribution in [1.82, 2.24) is 10.3 Å². The van der Waals surface area contributed by atoms with Crippen LogP contribution < -0.4 is 5.32 Å². The van der Waals surface area contributed by atoms with Crippen LogP contribution in [0, 0.1) is 5.92 Å². The van der Waals surface area contributed by atoms with Gasteiger partial charge in [-0.2, -0.15) is 0 Å². The number of carboxylic acids is 1. The van der Waals surface area contributed by atoms with Crippen LogP contribution in [0.4, 0.5) is 0 Å². The Balaban J connectivity index is 1.47. The zero-order valence-corrected chi connectivity index (χ0v) is 14.7. The summed E-state index contributed by atoms with van der Waals surface area (Å²) in [4.78, 5) is 27.7. The highest BCUT2D eigenvalue weighted by atomic mass is 35.5. The maximum atomic E-state index is 12.8. The normalized spacial score (nSPS) is 25.5. The molecule has 6 nitrogen and oxygen atoms in total. The molecule has 136 valence electrons. The maximum Gasteiger partial charge on any atom is 0.311 e. The van der Waals surface area contributed by atoms with Crippen LogP contribution in [0.15, 0.2) is 48.5 Å². The Bertz CT molecular complexity index is 1090. The van der Waals surface area contributed by atoms with Crippen LogP contribution in [0.1, 0.15) is 33.8 Å². The Labute approximate surface area is 159 Å². The second-order valence-electron chi connectivity index (χ2n) is 6.88. The van der Waals surface area contributed by atoms with Gasteiger partial charge in [0, 0.05) is 15.9 Å². The van der Waals surface area contributed by atoms with Crippen molar-refractivity contribution in [2.75, 3.05) is 0 Å². The second-order valence-corrected chi connectivity index (χ2v) is 7.32. The summed E-state index contributed by atoms with van der Waals surface area (Å²) in [6, 6.07) is 13.9. The SMILES string of the molecule is O=C(NC1C(C(=O)O)[C@@H]2O[C@@H]1c1ccccc12)c1cc2cc(Cl)ccc2[nH]1. The van der Waals surface area contributed by atoms with Gasteiger partial charge in [-0.25, -0.2) is 0 Å². The van der Waals surface area contributed by atoms with Crippen molar-refractivity contribution >= 4 is 34.4 Å². The van der Waals surface area contributed by atoms with E-state index in [1.807, 2.05) is 24.3 Å². The zero-order chi connectivity index (χ0) is 18.7. The lowest BCUT2D eigenvalue weighted by molar-refractivity contribution is -0.144. The van der Waals surface area contributed by atoms with Crippen molar-refractivity contribution in [3.8, 4) is 0 Å². The van der Waals surface area contributed by atoms with E-state index in [-0.39, 0.29) is 5.91 Å². The predicted molar refractivity (Wildman–Crippen MR) is 98.7 cm³/mol. The Kier molecular flexibility index (Phi) is 3.54. The first-order valence-electron chi connectivity index (χ1n) is 8.59. The lowest BCUT2D eigenvalue weighted by Gasteiger charge is -2.27. The Hall–Kier alpha value is -2.83. The smallest absolute Gasteiger partial charge is 0.311 e. The summed E-state index contributed by atoms with van der Waals surface area (Å²) < 4.78 is 5.92. The van der Waals surface area contributed by atoms with E-state index in [0.717, 1.165) is 22.0 Å². The van der Waals surface area contributed by atoms with Crippen LogP contribution in [-0.4, -0.2) is 28.0 Å². The van der Waals surface area contributed by atoms with Gasteiger partial charge in [-0.05, 0) is 35.4 Å². The molecule has 2 aliphatic rings. The molecule has 0 saturated carbocycles. The Morgan fingerprint density at radius 2 is 1.81 bits per heavy atom. The van der Waals surface area contributed by atoms with E-state index >= 15 is 0 Å². The van der Waals surface area contributed by atoms with Crippen molar-refractivity contribution in [2.45, 2.75) is 18.2 Å². The van der Waals surface area contributed by atoms with E-state index in [0.29, 0.717) is 10.7 Å². The topological polar surface area (TPSA) is 91.4 Å². The summed E-state index contributed by atoms with van der Waals surface area (Å²) in [5, 5.41) is 14.0. The lowest BCUT2D eigenvalue weighted by Crippen LogP contribution is -2.46. The van der Waals surface area contributed by atoms with Crippen molar-refractivity contribution in [3.63, 3.8) is 0 Å². The van der Waals surface area contributed by atoms with Crippen molar-refractivity contribution in [1.29, 1.82) is 0 Å². The van der Waals surface area contributed by atoms with Gasteiger partial charge in [-0.15, -0.1) is 0 Å². The molecule has 7 heteroatoms. The quantitative estimate of drug-likeness (QED) is 0.647. The number of benzene rings is 2. The number of halogens is 1. The second kappa shape index (κ2) is 5.84. The van der Waals surface area contributed by atoms with Crippen molar-refractivity contribution < 1.29 is 19.4 Å². The minimum absolute atomic E-state index is 0.354. The molecule has 27 heavy (non-hydrogen) atoms. The fourth-order valence-corrected chi connectivity index (χ4v) is 4.35. The molecule has 3 aromatic rings. The van der Waals surface area contributed by atoms with Gasteiger partial charge in [-0.3, -0.25) is 9.59 Å². The number of carbonyl (C=O) groups is 2. The monoisotopic (exact) mass is 382 g/mol. The third kappa shape index (κ3) is 2.44. The van der Waals surface area contributed by atoms with Crippen LogP contribution in [-0.2, 0) is 9.53 Å². The number of rotatable bonds is 3. The highest BCUT2D eigenvalue weighted by Crippen LogP contribution is 2.53.